The molecule has 126 valence electrons. The third-order valence-electron chi connectivity index (χ3n) is 3.96. The molecule has 1 aliphatic heterocycles. The van der Waals surface area contributed by atoms with Crippen LogP contribution < -0.4 is 14.8 Å². The molecule has 0 saturated heterocycles. The maximum atomic E-state index is 12.6. The number of hydrogen-bond donors (Lipinski definition) is 1. The van der Waals surface area contributed by atoms with Crippen LogP contribution in [0.1, 0.15) is 5.56 Å². The average Bonchev–Trinajstić information content (AvgIpc) is 3.17. The van der Waals surface area contributed by atoms with Gasteiger partial charge in [0.15, 0.2) is 11.5 Å². The molecule has 2 heterocycles. The van der Waals surface area contributed by atoms with Gasteiger partial charge in [-0.15, -0.1) is 5.10 Å². The van der Waals surface area contributed by atoms with Crippen LogP contribution in [0.2, 0.25) is 0 Å². The van der Waals surface area contributed by atoms with Crippen LogP contribution in [0.15, 0.2) is 48.8 Å². The van der Waals surface area contributed by atoms with Gasteiger partial charge in [-0.3, -0.25) is 4.79 Å². The number of nitrogens with zero attached hydrogens (tertiary/aromatic N) is 4. The maximum Gasteiger partial charge on any atom is 0.269 e. The van der Waals surface area contributed by atoms with E-state index in [1.165, 1.54) is 6.33 Å². The lowest BCUT2D eigenvalue weighted by molar-refractivity contribution is -0.125. The van der Waals surface area contributed by atoms with Gasteiger partial charge in [-0.2, -0.15) is 0 Å². The van der Waals surface area contributed by atoms with E-state index in [0.717, 1.165) is 11.3 Å². The van der Waals surface area contributed by atoms with E-state index in [9.17, 15) is 4.79 Å². The third kappa shape index (κ3) is 2.89. The predicted octanol–water partition coefficient (Wildman–Crippen LogP) is 1.75. The van der Waals surface area contributed by atoms with E-state index < -0.39 is 6.10 Å². The van der Waals surface area contributed by atoms with E-state index in [4.69, 9.17) is 9.47 Å². The Morgan fingerprint density at radius 2 is 2.04 bits per heavy atom. The molecule has 1 aliphatic rings. The predicted molar refractivity (Wildman–Crippen MR) is 88.9 cm³/mol. The number of rotatable bonds is 3. The fourth-order valence-electron chi connectivity index (χ4n) is 2.64. The van der Waals surface area contributed by atoms with Gasteiger partial charge >= 0.3 is 0 Å². The van der Waals surface area contributed by atoms with E-state index >= 15 is 0 Å². The van der Waals surface area contributed by atoms with Crippen LogP contribution in [0, 0.1) is 6.92 Å². The Bertz CT molecular complexity index is 910. The molecule has 1 aromatic heterocycles. The second-order valence-electron chi connectivity index (χ2n) is 5.56. The molecule has 0 bridgehead atoms. The molecule has 0 fully saturated rings. The highest BCUT2D eigenvalue weighted by atomic mass is 16.6. The number of para-hydroxylation sites is 2. The zero-order valence-electron chi connectivity index (χ0n) is 13.4. The first-order valence-corrected chi connectivity index (χ1v) is 7.75. The second kappa shape index (κ2) is 6.23. The first-order valence-electron chi connectivity index (χ1n) is 7.75. The summed E-state index contributed by atoms with van der Waals surface area (Å²) < 4.78 is 12.9. The molecule has 1 atom stereocenters. The molecule has 0 saturated carbocycles. The first kappa shape index (κ1) is 15.1. The first-order chi connectivity index (χ1) is 12.2. The molecule has 0 aliphatic carbocycles. The summed E-state index contributed by atoms with van der Waals surface area (Å²) in [5.41, 5.74) is 2.30. The van der Waals surface area contributed by atoms with Crippen molar-refractivity contribution in [2.45, 2.75) is 13.0 Å². The van der Waals surface area contributed by atoms with Crippen LogP contribution in [0.25, 0.3) is 5.69 Å². The Morgan fingerprint density at radius 1 is 1.20 bits per heavy atom. The van der Waals surface area contributed by atoms with Crippen molar-refractivity contribution in [2.24, 2.45) is 0 Å². The minimum atomic E-state index is -0.717. The summed E-state index contributed by atoms with van der Waals surface area (Å²) in [6.45, 7) is 2.05. The number of ether oxygens (including phenoxy) is 2. The van der Waals surface area contributed by atoms with Gasteiger partial charge in [0.25, 0.3) is 5.91 Å². The van der Waals surface area contributed by atoms with Crippen molar-refractivity contribution < 1.29 is 14.3 Å². The van der Waals surface area contributed by atoms with Crippen molar-refractivity contribution in [3.8, 4) is 17.2 Å². The monoisotopic (exact) mass is 337 g/mol. The molecule has 2 aromatic carbocycles. The summed E-state index contributed by atoms with van der Waals surface area (Å²) in [6.07, 6.45) is 0.786. The van der Waals surface area contributed by atoms with Gasteiger partial charge in [-0.05, 0) is 47.2 Å². The Labute approximate surface area is 143 Å². The molecule has 8 heteroatoms. The highest BCUT2D eigenvalue weighted by molar-refractivity contribution is 5.95. The number of carbonyl (C=O) groups excluding carboxylic acids is 1. The molecule has 0 radical (unpaired) electrons. The second-order valence-corrected chi connectivity index (χ2v) is 5.56. The van der Waals surface area contributed by atoms with Gasteiger partial charge in [-0.1, -0.05) is 18.2 Å². The molecule has 3 aromatic rings. The molecule has 8 nitrogen and oxygen atoms in total. The van der Waals surface area contributed by atoms with Crippen molar-refractivity contribution in [3.05, 3.63) is 54.4 Å². The largest absolute Gasteiger partial charge is 0.485 e. The molecular weight excluding hydrogens is 322 g/mol. The molecule has 25 heavy (non-hydrogen) atoms. The van der Waals surface area contributed by atoms with Crippen molar-refractivity contribution in [3.63, 3.8) is 0 Å². The van der Waals surface area contributed by atoms with Gasteiger partial charge in [0.2, 0.25) is 6.10 Å². The number of amides is 1. The zero-order valence-corrected chi connectivity index (χ0v) is 13.4. The Kier molecular flexibility index (Phi) is 3.77. The zero-order chi connectivity index (χ0) is 17.2. The van der Waals surface area contributed by atoms with Gasteiger partial charge in [0, 0.05) is 5.69 Å². The summed E-state index contributed by atoms with van der Waals surface area (Å²) in [5, 5.41) is 14.0. The van der Waals surface area contributed by atoms with Crippen LogP contribution in [0.5, 0.6) is 11.5 Å². The minimum Gasteiger partial charge on any atom is -0.485 e. The van der Waals surface area contributed by atoms with Crippen molar-refractivity contribution in [1.82, 2.24) is 20.2 Å². The average molecular weight is 337 g/mol. The minimum absolute atomic E-state index is 0.161. The fourth-order valence-corrected chi connectivity index (χ4v) is 2.64. The van der Waals surface area contributed by atoms with Crippen LogP contribution in [-0.2, 0) is 4.79 Å². The number of hydrogen-bond acceptors (Lipinski definition) is 6. The van der Waals surface area contributed by atoms with Gasteiger partial charge in [0.05, 0.1) is 5.69 Å². The summed E-state index contributed by atoms with van der Waals surface area (Å²) >= 11 is 0. The normalized spacial score (nSPS) is 15.6. The highest BCUT2D eigenvalue weighted by Gasteiger charge is 2.27. The van der Waals surface area contributed by atoms with Gasteiger partial charge in [0.1, 0.15) is 12.9 Å². The number of tetrazole rings is 1. The number of nitrogens with one attached hydrogen (secondary N) is 1. The van der Waals surface area contributed by atoms with E-state index in [1.54, 1.807) is 10.7 Å². The smallest absolute Gasteiger partial charge is 0.269 e. The maximum absolute atomic E-state index is 12.6. The number of benzene rings is 2. The highest BCUT2D eigenvalue weighted by Crippen LogP contribution is 2.31. The van der Waals surface area contributed by atoms with E-state index in [1.807, 2.05) is 43.3 Å². The number of carbonyl (C=O) groups is 1. The van der Waals surface area contributed by atoms with Crippen molar-refractivity contribution >= 4 is 11.6 Å². The lowest BCUT2D eigenvalue weighted by atomic mass is 10.1. The van der Waals surface area contributed by atoms with Gasteiger partial charge in [-0.25, -0.2) is 4.68 Å². The Balaban J connectivity index is 1.53. The summed E-state index contributed by atoms with van der Waals surface area (Å²) in [7, 11) is 0. The molecule has 1 amide bonds. The Morgan fingerprint density at radius 3 is 2.84 bits per heavy atom. The molecule has 4 rings (SSSR count). The van der Waals surface area contributed by atoms with Crippen molar-refractivity contribution in [1.29, 1.82) is 0 Å². The lowest BCUT2D eigenvalue weighted by Gasteiger charge is -2.25. The Hall–Kier alpha value is -3.42. The molecule has 1 N–H and O–H groups in total. The molecular formula is C17H15N5O3. The van der Waals surface area contributed by atoms with Crippen LogP contribution >= 0.6 is 0 Å². The van der Waals surface area contributed by atoms with Crippen LogP contribution in [-0.4, -0.2) is 38.8 Å². The quantitative estimate of drug-likeness (QED) is 0.783. The number of fused-ring (bicyclic) bond motifs is 1. The fraction of sp³-hybridized carbons (Fsp3) is 0.176. The standard InChI is InChI=1S/C17H15N5O3/c1-11-12(5-4-6-13(11)22-10-18-20-21-22)19-17(23)16-9-24-14-7-2-3-8-15(14)25-16/h2-8,10,16H,9H2,1H3,(H,19,23). The van der Waals surface area contributed by atoms with E-state index in [-0.39, 0.29) is 12.5 Å². The molecule has 0 spiro atoms. The summed E-state index contributed by atoms with van der Waals surface area (Å²) in [4.78, 5) is 12.6. The van der Waals surface area contributed by atoms with Crippen LogP contribution in [0.3, 0.4) is 0 Å². The molecule has 1 unspecified atom stereocenters. The summed E-state index contributed by atoms with van der Waals surface area (Å²) in [6, 6.07) is 12.8. The SMILES string of the molecule is Cc1c(NC(=O)C2COc3ccccc3O2)cccc1-n1cnnn1. The number of aromatic nitrogens is 4. The van der Waals surface area contributed by atoms with Crippen molar-refractivity contribution in [2.75, 3.05) is 11.9 Å². The van der Waals surface area contributed by atoms with E-state index in [0.29, 0.717) is 17.2 Å². The van der Waals surface area contributed by atoms with E-state index in [2.05, 4.69) is 20.8 Å². The van der Waals surface area contributed by atoms with Crippen LogP contribution in [0.4, 0.5) is 5.69 Å². The lowest BCUT2D eigenvalue weighted by Crippen LogP contribution is -2.40. The number of anilines is 1. The third-order valence-corrected chi connectivity index (χ3v) is 3.96. The topological polar surface area (TPSA) is 91.2 Å². The van der Waals surface area contributed by atoms with Gasteiger partial charge < -0.3 is 14.8 Å². The summed E-state index contributed by atoms with van der Waals surface area (Å²) in [5.74, 6) is 0.933.